The highest BCUT2D eigenvalue weighted by Crippen LogP contribution is 2.12. The monoisotopic (exact) mass is 394 g/mol. The summed E-state index contributed by atoms with van der Waals surface area (Å²) in [4.78, 5) is 35.8. The summed E-state index contributed by atoms with van der Waals surface area (Å²) < 4.78 is 5.05. The molecule has 0 unspecified atom stereocenters. The van der Waals surface area contributed by atoms with E-state index in [1.807, 2.05) is 42.5 Å². The zero-order valence-corrected chi connectivity index (χ0v) is 16.7. The van der Waals surface area contributed by atoms with Crippen LogP contribution in [0.5, 0.6) is 0 Å². The van der Waals surface area contributed by atoms with E-state index in [0.717, 1.165) is 24.8 Å². The van der Waals surface area contributed by atoms with Crippen molar-refractivity contribution in [3.63, 3.8) is 0 Å². The second-order valence-corrected chi connectivity index (χ2v) is 6.57. The number of carbonyl (C=O) groups is 3. The van der Waals surface area contributed by atoms with Gasteiger partial charge >= 0.3 is 5.97 Å². The van der Waals surface area contributed by atoms with Crippen molar-refractivity contribution in [3.05, 3.63) is 71.4 Å². The van der Waals surface area contributed by atoms with E-state index in [9.17, 15) is 14.4 Å². The lowest BCUT2D eigenvalue weighted by atomic mass is 10.1. The molecule has 0 bridgehead atoms. The van der Waals surface area contributed by atoms with Gasteiger partial charge in [0.2, 0.25) is 5.91 Å². The van der Waals surface area contributed by atoms with Crippen LogP contribution in [0.3, 0.4) is 0 Å². The number of carbonyl (C=O) groups excluding carboxylic acids is 3. The van der Waals surface area contributed by atoms with Crippen LogP contribution in [0.25, 0.3) is 6.08 Å². The first kappa shape index (κ1) is 21.9. The molecule has 0 atom stereocenters. The zero-order chi connectivity index (χ0) is 21.1. The number of esters is 1. The molecule has 0 aliphatic heterocycles. The van der Waals surface area contributed by atoms with Crippen molar-refractivity contribution in [2.45, 2.75) is 33.1 Å². The molecule has 0 aliphatic rings. The Morgan fingerprint density at radius 2 is 1.69 bits per heavy atom. The van der Waals surface area contributed by atoms with Crippen molar-refractivity contribution in [1.29, 1.82) is 0 Å². The van der Waals surface area contributed by atoms with Crippen molar-refractivity contribution in [1.82, 2.24) is 5.32 Å². The minimum absolute atomic E-state index is 0.0308. The molecule has 152 valence electrons. The molecule has 2 N–H and O–H groups in total. The maximum Gasteiger partial charge on any atom is 0.355 e. The third kappa shape index (κ3) is 8.01. The average molecular weight is 394 g/mol. The first-order valence-electron chi connectivity index (χ1n) is 9.58. The van der Waals surface area contributed by atoms with Crippen molar-refractivity contribution >= 4 is 29.5 Å². The lowest BCUT2D eigenvalue weighted by molar-refractivity contribution is -0.144. The van der Waals surface area contributed by atoms with Gasteiger partial charge in [0, 0.05) is 12.6 Å². The molecule has 0 spiro atoms. The molecule has 0 aromatic heterocycles. The number of ether oxygens (including phenoxy) is 1. The maximum absolute atomic E-state index is 12.3. The second kappa shape index (κ2) is 11.4. The number of anilines is 1. The summed E-state index contributed by atoms with van der Waals surface area (Å²) in [5.41, 5.74) is 2.54. The minimum atomic E-state index is -0.783. The molecule has 6 heteroatoms. The van der Waals surface area contributed by atoms with Crippen LogP contribution >= 0.6 is 0 Å². The van der Waals surface area contributed by atoms with Gasteiger partial charge in [0.1, 0.15) is 5.70 Å². The van der Waals surface area contributed by atoms with Crippen LogP contribution in [0.1, 0.15) is 37.8 Å². The van der Waals surface area contributed by atoms with Crippen molar-refractivity contribution in [3.8, 4) is 0 Å². The van der Waals surface area contributed by atoms with Gasteiger partial charge in [0.25, 0.3) is 5.91 Å². The smallest absolute Gasteiger partial charge is 0.355 e. The van der Waals surface area contributed by atoms with Crippen molar-refractivity contribution < 1.29 is 19.1 Å². The van der Waals surface area contributed by atoms with Gasteiger partial charge in [-0.3, -0.25) is 9.59 Å². The fraction of sp³-hybridized carbons (Fsp3) is 0.261. The van der Waals surface area contributed by atoms with E-state index >= 15 is 0 Å². The SMILES string of the molecule is CCCCc1ccc(NC(=O)COC(=O)C(=Cc2ccccc2)NC(C)=O)cc1. The molecule has 6 nitrogen and oxygen atoms in total. The molecule has 29 heavy (non-hydrogen) atoms. The number of amides is 2. The summed E-state index contributed by atoms with van der Waals surface area (Å²) >= 11 is 0. The molecule has 0 saturated heterocycles. The average Bonchev–Trinajstić information content (AvgIpc) is 2.71. The number of benzene rings is 2. The molecule has 0 heterocycles. The number of rotatable bonds is 9. The third-order valence-electron chi connectivity index (χ3n) is 4.03. The largest absolute Gasteiger partial charge is 0.451 e. The van der Waals surface area contributed by atoms with E-state index in [1.54, 1.807) is 12.1 Å². The Bertz CT molecular complexity index is 858. The Hall–Kier alpha value is -3.41. The summed E-state index contributed by atoms with van der Waals surface area (Å²) in [6.07, 6.45) is 4.75. The Labute approximate surface area is 171 Å². The summed E-state index contributed by atoms with van der Waals surface area (Å²) in [6, 6.07) is 16.6. The van der Waals surface area contributed by atoms with E-state index in [4.69, 9.17) is 4.74 Å². The van der Waals surface area contributed by atoms with Crippen LogP contribution in [0.4, 0.5) is 5.69 Å². The van der Waals surface area contributed by atoms with Gasteiger partial charge in [-0.2, -0.15) is 0 Å². The molecular formula is C23H26N2O4. The highest BCUT2D eigenvalue weighted by atomic mass is 16.5. The Morgan fingerprint density at radius 3 is 2.31 bits per heavy atom. The Morgan fingerprint density at radius 1 is 1.00 bits per heavy atom. The lowest BCUT2D eigenvalue weighted by Gasteiger charge is -2.10. The van der Waals surface area contributed by atoms with Crippen molar-refractivity contribution in [2.24, 2.45) is 0 Å². The van der Waals surface area contributed by atoms with Crippen LogP contribution in [-0.2, 0) is 25.5 Å². The minimum Gasteiger partial charge on any atom is -0.451 e. The van der Waals surface area contributed by atoms with E-state index in [0.29, 0.717) is 5.69 Å². The Balaban J connectivity index is 1.92. The Kier molecular flexibility index (Phi) is 8.63. The molecule has 2 amide bonds. The standard InChI is InChI=1S/C23H26N2O4/c1-3-4-8-18-11-13-20(14-12-18)25-22(27)16-29-23(28)21(24-17(2)26)15-19-9-6-5-7-10-19/h5-7,9-15H,3-4,8,16H2,1-2H3,(H,24,26)(H,25,27). The first-order valence-corrected chi connectivity index (χ1v) is 9.58. The summed E-state index contributed by atoms with van der Waals surface area (Å²) in [5, 5.41) is 5.13. The number of hydrogen-bond donors (Lipinski definition) is 2. The lowest BCUT2D eigenvalue weighted by Crippen LogP contribution is -2.28. The van der Waals surface area contributed by atoms with Gasteiger partial charge < -0.3 is 15.4 Å². The van der Waals surface area contributed by atoms with E-state index in [2.05, 4.69) is 17.6 Å². The van der Waals surface area contributed by atoms with E-state index < -0.39 is 24.4 Å². The predicted octanol–water partition coefficient (Wildman–Crippen LogP) is 3.69. The van der Waals surface area contributed by atoms with Crippen LogP contribution in [0.2, 0.25) is 0 Å². The quantitative estimate of drug-likeness (QED) is 0.502. The highest BCUT2D eigenvalue weighted by Gasteiger charge is 2.15. The molecule has 2 rings (SSSR count). The zero-order valence-electron chi connectivity index (χ0n) is 16.7. The number of unbranched alkanes of at least 4 members (excludes halogenated alkanes) is 1. The van der Waals surface area contributed by atoms with Gasteiger partial charge in [-0.25, -0.2) is 4.79 Å². The number of aryl methyl sites for hydroxylation is 1. The molecular weight excluding hydrogens is 368 g/mol. The summed E-state index contributed by atoms with van der Waals surface area (Å²) in [7, 11) is 0. The van der Waals surface area contributed by atoms with Crippen LogP contribution in [0, 0.1) is 0 Å². The normalized spacial score (nSPS) is 10.9. The van der Waals surface area contributed by atoms with Crippen molar-refractivity contribution in [2.75, 3.05) is 11.9 Å². The molecule has 0 fully saturated rings. The molecule has 0 radical (unpaired) electrons. The first-order chi connectivity index (χ1) is 14.0. The molecule has 2 aromatic carbocycles. The van der Waals surface area contributed by atoms with Gasteiger partial charge in [-0.15, -0.1) is 0 Å². The molecule has 0 aliphatic carbocycles. The highest BCUT2D eigenvalue weighted by molar-refractivity contribution is 5.99. The second-order valence-electron chi connectivity index (χ2n) is 6.57. The fourth-order valence-electron chi connectivity index (χ4n) is 2.59. The predicted molar refractivity (Wildman–Crippen MR) is 113 cm³/mol. The summed E-state index contributed by atoms with van der Waals surface area (Å²) in [5.74, 6) is -1.65. The topological polar surface area (TPSA) is 84.5 Å². The molecule has 0 saturated carbocycles. The van der Waals surface area contributed by atoms with Gasteiger partial charge in [0.15, 0.2) is 6.61 Å². The van der Waals surface area contributed by atoms with E-state index in [-0.39, 0.29) is 5.70 Å². The number of hydrogen-bond acceptors (Lipinski definition) is 4. The van der Waals surface area contributed by atoms with Gasteiger partial charge in [-0.1, -0.05) is 55.8 Å². The molecule has 2 aromatic rings. The van der Waals surface area contributed by atoms with Crippen LogP contribution < -0.4 is 10.6 Å². The number of nitrogens with one attached hydrogen (secondary N) is 2. The van der Waals surface area contributed by atoms with Crippen LogP contribution in [-0.4, -0.2) is 24.4 Å². The summed E-state index contributed by atoms with van der Waals surface area (Å²) in [6.45, 7) is 2.98. The van der Waals surface area contributed by atoms with Crippen LogP contribution in [0.15, 0.2) is 60.3 Å². The maximum atomic E-state index is 12.3. The third-order valence-corrected chi connectivity index (χ3v) is 4.03. The van der Waals surface area contributed by atoms with Gasteiger partial charge in [-0.05, 0) is 42.2 Å². The van der Waals surface area contributed by atoms with E-state index in [1.165, 1.54) is 18.6 Å². The fourth-order valence-corrected chi connectivity index (χ4v) is 2.59. The van der Waals surface area contributed by atoms with Gasteiger partial charge in [0.05, 0.1) is 0 Å².